The van der Waals surface area contributed by atoms with Crippen LogP contribution in [0.3, 0.4) is 0 Å². The van der Waals surface area contributed by atoms with Gasteiger partial charge in [0.1, 0.15) is 17.3 Å². The number of benzene rings is 1. The fourth-order valence-corrected chi connectivity index (χ4v) is 6.66. The number of hydrogen-bond donors (Lipinski definition) is 1. The zero-order chi connectivity index (χ0) is 33.8. The molecule has 2 aromatic heterocycles. The summed E-state index contributed by atoms with van der Waals surface area (Å²) in [4.78, 5) is 39.4. The van der Waals surface area contributed by atoms with Crippen molar-refractivity contribution < 1.29 is 23.1 Å². The molecular weight excluding hydrogens is 644 g/mol. The minimum Gasteiger partial charge on any atom is -0.504 e. The number of aliphatic imine (C=N–C) groups is 1. The summed E-state index contributed by atoms with van der Waals surface area (Å²) in [6, 6.07) is 2.31. The normalized spacial score (nSPS) is 19.8. The van der Waals surface area contributed by atoms with Gasteiger partial charge in [-0.3, -0.25) is 19.1 Å². The molecule has 0 aliphatic carbocycles. The Labute approximate surface area is 272 Å². The third kappa shape index (κ3) is 5.21. The largest absolute Gasteiger partial charge is 0.504 e. The van der Waals surface area contributed by atoms with Crippen molar-refractivity contribution in [3.05, 3.63) is 74.4 Å². The number of phenols is 1. The smallest absolute Gasteiger partial charge is 0.272 e. The fourth-order valence-electron chi connectivity index (χ4n) is 6.16. The molecule has 1 saturated heterocycles. The number of piperazine rings is 1. The van der Waals surface area contributed by atoms with E-state index in [9.17, 15) is 28.7 Å². The first-order chi connectivity index (χ1) is 21.7. The van der Waals surface area contributed by atoms with Gasteiger partial charge >= 0.3 is 0 Å². The molecule has 14 heteroatoms. The molecule has 0 spiro atoms. The Morgan fingerprint density at radius 3 is 2.50 bits per heavy atom. The van der Waals surface area contributed by atoms with Crippen LogP contribution in [-0.2, 0) is 4.79 Å². The van der Waals surface area contributed by atoms with Crippen molar-refractivity contribution in [2.45, 2.75) is 39.8 Å². The van der Waals surface area contributed by atoms with Crippen LogP contribution in [0.1, 0.15) is 39.3 Å². The summed E-state index contributed by atoms with van der Waals surface area (Å²) >= 11 is 12.8. The quantitative estimate of drug-likeness (QED) is 0.191. The molecule has 0 saturated carbocycles. The van der Waals surface area contributed by atoms with Gasteiger partial charge in [0, 0.05) is 48.9 Å². The van der Waals surface area contributed by atoms with E-state index in [0.717, 1.165) is 0 Å². The van der Waals surface area contributed by atoms with Gasteiger partial charge in [-0.25, -0.2) is 13.8 Å². The monoisotopic (exact) mass is 672 g/mol. The zero-order valence-electron chi connectivity index (χ0n) is 25.3. The van der Waals surface area contributed by atoms with Gasteiger partial charge in [-0.2, -0.15) is 9.65 Å². The van der Waals surface area contributed by atoms with Gasteiger partial charge < -0.3 is 14.9 Å². The molecule has 46 heavy (non-hydrogen) atoms. The number of aromatic nitrogens is 2. The van der Waals surface area contributed by atoms with E-state index >= 15 is 4.39 Å². The van der Waals surface area contributed by atoms with Crippen LogP contribution in [0.4, 0.5) is 18.9 Å². The number of fused-ring (bicyclic) bond motifs is 1. The minimum absolute atomic E-state index is 0.0594. The molecule has 1 fully saturated rings. The van der Waals surface area contributed by atoms with Crippen LogP contribution in [-0.4, -0.2) is 56.9 Å². The number of phenolic OH excluding ortho intramolecular Hbond substituents is 1. The summed E-state index contributed by atoms with van der Waals surface area (Å²) in [6.45, 7) is 11.7. The van der Waals surface area contributed by atoms with Crippen molar-refractivity contribution >= 4 is 51.5 Å². The fraction of sp³-hybridized carbons (Fsp3) is 0.344. The van der Waals surface area contributed by atoms with Crippen LogP contribution < -0.4 is 10.5 Å². The van der Waals surface area contributed by atoms with Crippen molar-refractivity contribution in [3.63, 3.8) is 0 Å². The highest BCUT2D eigenvalue weighted by atomic mass is 35.5. The molecule has 2 unspecified atom stereocenters. The van der Waals surface area contributed by atoms with Gasteiger partial charge in [0.2, 0.25) is 11.7 Å². The summed E-state index contributed by atoms with van der Waals surface area (Å²) < 4.78 is 45.3. The van der Waals surface area contributed by atoms with Crippen LogP contribution in [0.25, 0.3) is 22.3 Å². The first-order valence-electron chi connectivity index (χ1n) is 14.4. The molecule has 5 rings (SSSR count). The average molecular weight is 674 g/mol. The van der Waals surface area contributed by atoms with Gasteiger partial charge in [0.15, 0.2) is 17.4 Å². The van der Waals surface area contributed by atoms with E-state index in [1.165, 1.54) is 16.7 Å². The second-order valence-corrected chi connectivity index (χ2v) is 12.4. The van der Waals surface area contributed by atoms with Crippen LogP contribution in [0.5, 0.6) is 5.75 Å². The maximum Gasteiger partial charge on any atom is 0.272 e. The first kappa shape index (κ1) is 33.0. The van der Waals surface area contributed by atoms with Crippen molar-refractivity contribution in [2.24, 2.45) is 16.8 Å². The van der Waals surface area contributed by atoms with Crippen LogP contribution in [0.2, 0.25) is 10.0 Å². The number of rotatable bonds is 5. The molecule has 2 aliphatic heterocycles. The van der Waals surface area contributed by atoms with E-state index in [0.29, 0.717) is 5.71 Å². The molecule has 3 aromatic rings. The molecule has 0 radical (unpaired) electrons. The van der Waals surface area contributed by atoms with Gasteiger partial charge in [-0.15, -0.1) is 0 Å². The highest BCUT2D eigenvalue weighted by molar-refractivity contribution is 6.37. The van der Waals surface area contributed by atoms with E-state index in [-0.39, 0.29) is 70.7 Å². The van der Waals surface area contributed by atoms with Gasteiger partial charge in [0.05, 0.1) is 33.0 Å². The Balaban J connectivity index is 1.89. The maximum absolute atomic E-state index is 15.3. The van der Waals surface area contributed by atoms with E-state index < -0.39 is 51.1 Å². The molecule has 3 atom stereocenters. The van der Waals surface area contributed by atoms with Crippen LogP contribution in [0.15, 0.2) is 40.8 Å². The number of allylic oxidation sites excluding steroid dienone is 1. The summed E-state index contributed by atoms with van der Waals surface area (Å²) in [5.74, 6) is -7.70. The predicted octanol–water partition coefficient (Wildman–Crippen LogP) is 6.39. The SMILES string of the molecule is C=CC(=O)N1CCN(c2c(C#N)c(=O)n(C3C(C(C)C)=NC=CC3C)c3nc(-c4c(F)c(F)c(F)c(O)c4Cl)c(Cl)cc23)C[C@H]1C. The third-order valence-corrected chi connectivity index (χ3v) is 9.04. The second-order valence-electron chi connectivity index (χ2n) is 11.6. The van der Waals surface area contributed by atoms with E-state index in [1.807, 2.05) is 27.7 Å². The lowest BCUT2D eigenvalue weighted by Crippen LogP contribution is -2.54. The van der Waals surface area contributed by atoms with Gasteiger partial charge in [0.25, 0.3) is 5.56 Å². The number of carbonyl (C=O) groups is 1. The highest BCUT2D eigenvalue weighted by Crippen LogP contribution is 2.44. The number of amides is 1. The summed E-state index contributed by atoms with van der Waals surface area (Å²) in [7, 11) is 0. The number of carbonyl (C=O) groups excluding carboxylic acids is 1. The molecule has 0 bridgehead atoms. The Morgan fingerprint density at radius 2 is 1.89 bits per heavy atom. The topological polar surface area (TPSA) is 115 Å². The summed E-state index contributed by atoms with van der Waals surface area (Å²) in [5.41, 5.74) is -1.47. The number of aromatic hydroxyl groups is 1. The lowest BCUT2D eigenvalue weighted by molar-refractivity contribution is -0.128. The number of pyridine rings is 2. The predicted molar refractivity (Wildman–Crippen MR) is 171 cm³/mol. The Kier molecular flexibility index (Phi) is 8.94. The lowest BCUT2D eigenvalue weighted by atomic mass is 9.88. The van der Waals surface area contributed by atoms with E-state index in [4.69, 9.17) is 23.2 Å². The van der Waals surface area contributed by atoms with Crippen LogP contribution in [0, 0.1) is 40.6 Å². The summed E-state index contributed by atoms with van der Waals surface area (Å²) in [6.07, 6.45) is 4.62. The molecule has 1 N–H and O–H groups in total. The van der Waals surface area contributed by atoms with Crippen LogP contribution >= 0.6 is 23.2 Å². The molecule has 9 nitrogen and oxygen atoms in total. The maximum atomic E-state index is 15.3. The average Bonchev–Trinajstić information content (AvgIpc) is 3.02. The first-order valence-corrected chi connectivity index (χ1v) is 15.2. The zero-order valence-corrected chi connectivity index (χ0v) is 26.8. The number of nitrogens with zero attached hydrogens (tertiary/aromatic N) is 6. The van der Waals surface area contributed by atoms with Crippen molar-refractivity contribution in [1.29, 1.82) is 5.26 Å². The molecule has 1 amide bonds. The molecule has 2 aliphatic rings. The Hall–Kier alpha value is -4.34. The standard InChI is InChI=1S/C32H29Cl2F3N6O3/c1-6-20(44)42-10-9-41(13-16(42)5)29-17-11-19(33)27(21-22(34)30(45)25(37)24(36)23(21)35)40-31(17)43(32(46)18(29)12-38)28-15(4)7-8-39-26(28)14(2)3/h6-8,11,14-16,28,45H,1,9-10,13H2,2-5H3/t15?,16-,28?/m1/s1. The minimum atomic E-state index is -1.99. The Bertz CT molecular complexity index is 1940. The second kappa shape index (κ2) is 12.5. The number of halogens is 5. The van der Waals surface area contributed by atoms with Crippen molar-refractivity contribution in [1.82, 2.24) is 14.5 Å². The van der Waals surface area contributed by atoms with E-state index in [1.54, 1.807) is 22.1 Å². The number of nitriles is 1. The van der Waals surface area contributed by atoms with Crippen molar-refractivity contribution in [3.8, 4) is 23.1 Å². The molecule has 4 heterocycles. The Morgan fingerprint density at radius 1 is 1.20 bits per heavy atom. The lowest BCUT2D eigenvalue weighted by Gasteiger charge is -2.41. The van der Waals surface area contributed by atoms with Gasteiger partial charge in [-0.05, 0) is 25.0 Å². The van der Waals surface area contributed by atoms with Gasteiger partial charge in [-0.1, -0.05) is 56.6 Å². The molecule has 240 valence electrons. The summed E-state index contributed by atoms with van der Waals surface area (Å²) in [5, 5.41) is 19.6. The number of hydrogen-bond acceptors (Lipinski definition) is 7. The van der Waals surface area contributed by atoms with Crippen molar-refractivity contribution in [2.75, 3.05) is 24.5 Å². The number of anilines is 1. The molecule has 1 aromatic carbocycles. The third-order valence-electron chi connectivity index (χ3n) is 8.38. The highest BCUT2D eigenvalue weighted by Gasteiger charge is 2.36. The molecular formula is C32H29Cl2F3N6O3. The van der Waals surface area contributed by atoms with E-state index in [2.05, 4.69) is 22.6 Å².